The largest absolute Gasteiger partial charge is 0.322 e. The standard InChI is InChI=1S/C20H16N2O5S/c1-14-3-2-4-15(13-14)20(23)21-16-5-9-18(10-6-16)28(26,27)19-11-7-17(8-12-19)22(24)25/h2-13H,1H3,(H,21,23). The first-order valence-corrected chi connectivity index (χ1v) is 9.73. The summed E-state index contributed by atoms with van der Waals surface area (Å²) >= 11 is 0. The van der Waals surface area contributed by atoms with Crippen LogP contribution in [0.15, 0.2) is 82.6 Å². The van der Waals surface area contributed by atoms with Gasteiger partial charge in [-0.2, -0.15) is 0 Å². The Morgan fingerprint density at radius 2 is 1.50 bits per heavy atom. The highest BCUT2D eigenvalue weighted by Crippen LogP contribution is 2.24. The maximum atomic E-state index is 12.7. The third-order valence-electron chi connectivity index (χ3n) is 4.06. The lowest BCUT2D eigenvalue weighted by Gasteiger charge is -2.08. The van der Waals surface area contributed by atoms with Gasteiger partial charge in [-0.25, -0.2) is 8.42 Å². The number of carbonyl (C=O) groups is 1. The van der Waals surface area contributed by atoms with Crippen LogP contribution in [0.2, 0.25) is 0 Å². The fourth-order valence-corrected chi connectivity index (χ4v) is 3.85. The molecule has 0 bridgehead atoms. The number of hydrogen-bond acceptors (Lipinski definition) is 5. The summed E-state index contributed by atoms with van der Waals surface area (Å²) in [5.41, 5.74) is 1.72. The van der Waals surface area contributed by atoms with Crippen LogP contribution in [0.25, 0.3) is 0 Å². The first kappa shape index (κ1) is 19.2. The third kappa shape index (κ3) is 4.07. The Labute approximate surface area is 161 Å². The molecule has 0 aliphatic rings. The molecule has 1 N–H and O–H groups in total. The monoisotopic (exact) mass is 396 g/mol. The van der Waals surface area contributed by atoms with Crippen LogP contribution in [0.5, 0.6) is 0 Å². The van der Waals surface area contributed by atoms with Crippen molar-refractivity contribution in [2.75, 3.05) is 5.32 Å². The van der Waals surface area contributed by atoms with E-state index < -0.39 is 14.8 Å². The number of nitrogens with zero attached hydrogens (tertiary/aromatic N) is 1. The Morgan fingerprint density at radius 3 is 2.04 bits per heavy atom. The molecular weight excluding hydrogens is 380 g/mol. The van der Waals surface area contributed by atoms with Crippen LogP contribution < -0.4 is 5.32 Å². The van der Waals surface area contributed by atoms with E-state index in [9.17, 15) is 23.3 Å². The van der Waals surface area contributed by atoms with Crippen molar-refractivity contribution < 1.29 is 18.1 Å². The molecule has 0 radical (unpaired) electrons. The van der Waals surface area contributed by atoms with E-state index in [1.54, 1.807) is 18.2 Å². The van der Waals surface area contributed by atoms with Crippen LogP contribution in [-0.4, -0.2) is 19.2 Å². The molecule has 0 atom stereocenters. The van der Waals surface area contributed by atoms with E-state index in [1.165, 1.54) is 36.4 Å². The van der Waals surface area contributed by atoms with Gasteiger partial charge in [0, 0.05) is 23.4 Å². The summed E-state index contributed by atoms with van der Waals surface area (Å²) in [4.78, 5) is 22.4. The SMILES string of the molecule is Cc1cccc(C(=O)Nc2ccc(S(=O)(=O)c3ccc([N+](=O)[O-])cc3)cc2)c1. The number of anilines is 1. The number of sulfone groups is 1. The first-order valence-electron chi connectivity index (χ1n) is 8.25. The van der Waals surface area contributed by atoms with Crippen molar-refractivity contribution in [3.63, 3.8) is 0 Å². The molecule has 28 heavy (non-hydrogen) atoms. The molecule has 0 aliphatic heterocycles. The van der Waals surface area contributed by atoms with E-state index in [0.717, 1.165) is 17.7 Å². The number of amides is 1. The number of hydrogen-bond donors (Lipinski definition) is 1. The van der Waals surface area contributed by atoms with E-state index in [1.807, 2.05) is 13.0 Å². The van der Waals surface area contributed by atoms with Crippen LogP contribution in [0.1, 0.15) is 15.9 Å². The predicted molar refractivity (Wildman–Crippen MR) is 104 cm³/mol. The minimum atomic E-state index is -3.82. The predicted octanol–water partition coefficient (Wildman–Crippen LogP) is 3.99. The van der Waals surface area contributed by atoms with Crippen molar-refractivity contribution in [3.05, 3.63) is 94.0 Å². The van der Waals surface area contributed by atoms with Gasteiger partial charge in [0.25, 0.3) is 11.6 Å². The number of carbonyl (C=O) groups excluding carboxylic acids is 1. The van der Waals surface area contributed by atoms with Crippen molar-refractivity contribution in [3.8, 4) is 0 Å². The summed E-state index contributed by atoms with van der Waals surface area (Å²) in [6, 6.07) is 17.5. The highest BCUT2D eigenvalue weighted by Gasteiger charge is 2.19. The summed E-state index contributed by atoms with van der Waals surface area (Å²) in [7, 11) is -3.82. The van der Waals surface area contributed by atoms with E-state index in [0.29, 0.717) is 11.3 Å². The van der Waals surface area contributed by atoms with E-state index in [2.05, 4.69) is 5.32 Å². The van der Waals surface area contributed by atoms with Crippen molar-refractivity contribution in [2.45, 2.75) is 16.7 Å². The summed E-state index contributed by atoms with van der Waals surface area (Å²) in [6.07, 6.45) is 0. The molecule has 8 heteroatoms. The molecule has 0 saturated carbocycles. The Balaban J connectivity index is 1.79. The van der Waals surface area contributed by atoms with Gasteiger partial charge in [0.05, 0.1) is 14.7 Å². The van der Waals surface area contributed by atoms with Crippen molar-refractivity contribution >= 4 is 27.1 Å². The number of benzene rings is 3. The molecule has 0 fully saturated rings. The molecular formula is C20H16N2O5S. The molecule has 3 aromatic rings. The average molecular weight is 396 g/mol. The van der Waals surface area contributed by atoms with Crippen LogP contribution in [0.3, 0.4) is 0 Å². The summed E-state index contributed by atoms with van der Waals surface area (Å²) in [6.45, 7) is 1.88. The van der Waals surface area contributed by atoms with Gasteiger partial charge in [0.1, 0.15) is 0 Å². The fraction of sp³-hybridized carbons (Fsp3) is 0.0500. The number of aryl methyl sites for hydroxylation is 1. The number of nitro groups is 1. The van der Waals surface area contributed by atoms with Gasteiger partial charge in [-0.3, -0.25) is 14.9 Å². The smallest absolute Gasteiger partial charge is 0.269 e. The van der Waals surface area contributed by atoms with Gasteiger partial charge in [0.2, 0.25) is 9.84 Å². The number of nitro benzene ring substituents is 1. The minimum Gasteiger partial charge on any atom is -0.322 e. The van der Waals surface area contributed by atoms with Gasteiger partial charge < -0.3 is 5.32 Å². The molecule has 3 aromatic carbocycles. The normalized spacial score (nSPS) is 11.0. The third-order valence-corrected chi connectivity index (χ3v) is 5.85. The summed E-state index contributed by atoms with van der Waals surface area (Å²) in [5, 5.41) is 13.4. The molecule has 0 unspecified atom stereocenters. The van der Waals surface area contributed by atoms with Gasteiger partial charge in [0.15, 0.2) is 0 Å². The van der Waals surface area contributed by atoms with Crippen LogP contribution >= 0.6 is 0 Å². The molecule has 0 saturated heterocycles. The molecule has 0 heterocycles. The second-order valence-corrected chi connectivity index (χ2v) is 8.05. The van der Waals surface area contributed by atoms with Crippen molar-refractivity contribution in [2.24, 2.45) is 0 Å². The van der Waals surface area contributed by atoms with Crippen LogP contribution in [0.4, 0.5) is 11.4 Å². The topological polar surface area (TPSA) is 106 Å². The number of non-ortho nitro benzene ring substituents is 1. The van der Waals surface area contributed by atoms with Gasteiger partial charge in [-0.05, 0) is 55.5 Å². The zero-order valence-corrected chi connectivity index (χ0v) is 15.6. The lowest BCUT2D eigenvalue weighted by atomic mass is 10.1. The van der Waals surface area contributed by atoms with Gasteiger partial charge in [-0.1, -0.05) is 17.7 Å². The summed E-state index contributed by atoms with van der Waals surface area (Å²) < 4.78 is 25.3. The zero-order chi connectivity index (χ0) is 20.3. The molecule has 3 rings (SSSR count). The quantitative estimate of drug-likeness (QED) is 0.518. The van der Waals surface area contributed by atoms with Crippen LogP contribution in [-0.2, 0) is 9.84 Å². The second kappa shape index (κ2) is 7.61. The zero-order valence-electron chi connectivity index (χ0n) is 14.8. The maximum absolute atomic E-state index is 12.7. The van der Waals surface area contributed by atoms with Crippen LogP contribution in [0, 0.1) is 17.0 Å². The average Bonchev–Trinajstić information content (AvgIpc) is 2.68. The Hall–Kier alpha value is -3.52. The second-order valence-electron chi connectivity index (χ2n) is 6.10. The molecule has 7 nitrogen and oxygen atoms in total. The lowest BCUT2D eigenvalue weighted by Crippen LogP contribution is -2.12. The lowest BCUT2D eigenvalue weighted by molar-refractivity contribution is -0.384. The van der Waals surface area contributed by atoms with Gasteiger partial charge >= 0.3 is 0 Å². The number of nitrogens with one attached hydrogen (secondary N) is 1. The maximum Gasteiger partial charge on any atom is 0.269 e. The van der Waals surface area contributed by atoms with Gasteiger partial charge in [-0.15, -0.1) is 0 Å². The molecule has 1 amide bonds. The Morgan fingerprint density at radius 1 is 0.929 bits per heavy atom. The van der Waals surface area contributed by atoms with E-state index >= 15 is 0 Å². The molecule has 0 aromatic heterocycles. The summed E-state index contributed by atoms with van der Waals surface area (Å²) in [5.74, 6) is -0.297. The number of rotatable bonds is 5. The molecule has 0 aliphatic carbocycles. The highest BCUT2D eigenvalue weighted by atomic mass is 32.2. The van der Waals surface area contributed by atoms with Crippen molar-refractivity contribution in [1.82, 2.24) is 0 Å². The molecule has 0 spiro atoms. The van der Waals surface area contributed by atoms with Crippen molar-refractivity contribution in [1.29, 1.82) is 0 Å². The Kier molecular flexibility index (Phi) is 5.23. The van der Waals surface area contributed by atoms with E-state index in [-0.39, 0.29) is 21.4 Å². The fourth-order valence-electron chi connectivity index (χ4n) is 2.59. The Bertz CT molecular complexity index is 1140. The van der Waals surface area contributed by atoms with E-state index in [4.69, 9.17) is 0 Å². The first-order chi connectivity index (χ1) is 13.3. The minimum absolute atomic E-state index is 0.0231. The molecule has 142 valence electrons. The highest BCUT2D eigenvalue weighted by molar-refractivity contribution is 7.91.